The van der Waals surface area contributed by atoms with E-state index in [0.29, 0.717) is 17.1 Å². The van der Waals surface area contributed by atoms with Gasteiger partial charge in [0.25, 0.3) is 5.91 Å². The molecule has 0 heterocycles. The maximum absolute atomic E-state index is 12.1. The number of carbonyl (C=O) groups excluding carboxylic acids is 1. The average molecular weight is 391 g/mol. The average Bonchev–Trinajstić information content (AvgIpc) is 2.56. The molecular weight excluding hydrogens is 372 g/mol. The second-order valence-electron chi connectivity index (χ2n) is 5.26. The normalized spacial score (nSPS) is 10.9. The molecule has 0 spiro atoms. The van der Waals surface area contributed by atoms with Gasteiger partial charge in [-0.05, 0) is 65.7 Å². The van der Waals surface area contributed by atoms with Gasteiger partial charge in [0.2, 0.25) is 0 Å². The molecule has 2 aromatic rings. The van der Waals surface area contributed by atoms with Crippen LogP contribution in [0, 0.1) is 0 Å². The van der Waals surface area contributed by atoms with E-state index in [1.54, 1.807) is 37.6 Å². The van der Waals surface area contributed by atoms with E-state index in [9.17, 15) is 4.79 Å². The van der Waals surface area contributed by atoms with Gasteiger partial charge in [0, 0.05) is 4.47 Å². The number of hydrazone groups is 1. The second-order valence-corrected chi connectivity index (χ2v) is 6.11. The lowest BCUT2D eigenvalue weighted by molar-refractivity contribution is 0.0954. The topological polar surface area (TPSA) is 59.9 Å². The Labute approximate surface area is 149 Å². The lowest BCUT2D eigenvalue weighted by atomic mass is 10.2. The monoisotopic (exact) mass is 390 g/mol. The summed E-state index contributed by atoms with van der Waals surface area (Å²) in [6.45, 7) is 3.90. The fourth-order valence-corrected chi connectivity index (χ4v) is 2.45. The third-order valence-corrected chi connectivity index (χ3v) is 3.74. The Bertz CT molecular complexity index is 745. The third kappa shape index (κ3) is 4.83. The summed E-state index contributed by atoms with van der Waals surface area (Å²) in [7, 11) is 1.58. The zero-order valence-corrected chi connectivity index (χ0v) is 15.3. The van der Waals surface area contributed by atoms with E-state index in [2.05, 4.69) is 26.5 Å². The molecular formula is C18H19BrN2O3. The van der Waals surface area contributed by atoms with Crippen LogP contribution in [0.1, 0.15) is 29.8 Å². The molecule has 0 saturated heterocycles. The largest absolute Gasteiger partial charge is 0.493 e. The van der Waals surface area contributed by atoms with Crippen LogP contribution in [0.25, 0.3) is 0 Å². The van der Waals surface area contributed by atoms with Crippen LogP contribution >= 0.6 is 15.9 Å². The standard InChI is InChI=1S/C18H19BrN2O3/c1-12(2)24-16-9-8-13(10-17(16)23-3)11-20-21-18(22)14-6-4-5-7-15(14)19/h4-12H,1-3H3,(H,21,22)/b20-11-. The minimum Gasteiger partial charge on any atom is -0.493 e. The van der Waals surface area contributed by atoms with Crippen LogP contribution < -0.4 is 14.9 Å². The summed E-state index contributed by atoms with van der Waals surface area (Å²) < 4.78 is 11.7. The van der Waals surface area contributed by atoms with Gasteiger partial charge in [0.05, 0.1) is 25.0 Å². The van der Waals surface area contributed by atoms with Gasteiger partial charge in [-0.1, -0.05) is 12.1 Å². The molecule has 6 heteroatoms. The van der Waals surface area contributed by atoms with E-state index < -0.39 is 0 Å². The quantitative estimate of drug-likeness (QED) is 0.598. The van der Waals surface area contributed by atoms with Gasteiger partial charge in [0.15, 0.2) is 11.5 Å². The number of hydrogen-bond donors (Lipinski definition) is 1. The van der Waals surface area contributed by atoms with Gasteiger partial charge < -0.3 is 9.47 Å². The fourth-order valence-electron chi connectivity index (χ4n) is 1.99. The van der Waals surface area contributed by atoms with E-state index in [4.69, 9.17) is 9.47 Å². The first-order valence-corrected chi connectivity index (χ1v) is 8.23. The maximum atomic E-state index is 12.1. The summed E-state index contributed by atoms with van der Waals surface area (Å²) in [5.41, 5.74) is 3.81. The second kappa shape index (κ2) is 8.49. The number of rotatable bonds is 6. The van der Waals surface area contributed by atoms with Crippen LogP contribution in [-0.2, 0) is 0 Å². The highest BCUT2D eigenvalue weighted by molar-refractivity contribution is 9.10. The third-order valence-electron chi connectivity index (χ3n) is 3.05. The Morgan fingerprint density at radius 3 is 2.62 bits per heavy atom. The summed E-state index contributed by atoms with van der Waals surface area (Å²) >= 11 is 3.34. The van der Waals surface area contributed by atoms with Crippen LogP contribution in [0.5, 0.6) is 11.5 Å². The van der Waals surface area contributed by atoms with Crippen molar-refractivity contribution in [1.29, 1.82) is 0 Å². The van der Waals surface area contributed by atoms with Crippen molar-refractivity contribution < 1.29 is 14.3 Å². The zero-order chi connectivity index (χ0) is 17.5. The number of hydrogen-bond acceptors (Lipinski definition) is 4. The lowest BCUT2D eigenvalue weighted by Crippen LogP contribution is -2.18. The van der Waals surface area contributed by atoms with Gasteiger partial charge in [-0.2, -0.15) is 5.10 Å². The summed E-state index contributed by atoms with van der Waals surface area (Å²) in [6, 6.07) is 12.6. The Balaban J connectivity index is 2.06. The van der Waals surface area contributed by atoms with Crippen molar-refractivity contribution in [3.63, 3.8) is 0 Å². The first kappa shape index (κ1) is 18.0. The molecule has 24 heavy (non-hydrogen) atoms. The first-order valence-electron chi connectivity index (χ1n) is 7.44. The molecule has 0 bridgehead atoms. The minimum absolute atomic E-state index is 0.0574. The number of nitrogens with one attached hydrogen (secondary N) is 1. The van der Waals surface area contributed by atoms with Crippen molar-refractivity contribution >= 4 is 28.1 Å². The molecule has 0 aliphatic heterocycles. The van der Waals surface area contributed by atoms with Gasteiger partial charge >= 0.3 is 0 Å². The minimum atomic E-state index is -0.287. The van der Waals surface area contributed by atoms with E-state index in [0.717, 1.165) is 10.0 Å². The SMILES string of the molecule is COc1cc(/C=N\NC(=O)c2ccccc2Br)ccc1OC(C)C. The Kier molecular flexibility index (Phi) is 6.37. The van der Waals surface area contributed by atoms with Crippen molar-refractivity contribution in [2.24, 2.45) is 5.10 Å². The molecule has 0 aromatic heterocycles. The summed E-state index contributed by atoms with van der Waals surface area (Å²) in [6.07, 6.45) is 1.61. The predicted octanol–water partition coefficient (Wildman–Crippen LogP) is 4.01. The first-order chi connectivity index (χ1) is 11.5. The highest BCUT2D eigenvalue weighted by Gasteiger charge is 2.08. The van der Waals surface area contributed by atoms with E-state index in [1.165, 1.54) is 0 Å². The van der Waals surface area contributed by atoms with Crippen LogP contribution in [0.4, 0.5) is 0 Å². The van der Waals surface area contributed by atoms with Crippen LogP contribution in [0.2, 0.25) is 0 Å². The Morgan fingerprint density at radius 1 is 1.21 bits per heavy atom. The number of carbonyl (C=O) groups is 1. The molecule has 0 saturated carbocycles. The van der Waals surface area contributed by atoms with Gasteiger partial charge in [-0.25, -0.2) is 5.43 Å². The van der Waals surface area contributed by atoms with Crippen molar-refractivity contribution in [3.05, 3.63) is 58.1 Å². The van der Waals surface area contributed by atoms with Crippen molar-refractivity contribution in [2.75, 3.05) is 7.11 Å². The summed E-state index contributed by atoms with van der Waals surface area (Å²) in [4.78, 5) is 12.1. The zero-order valence-electron chi connectivity index (χ0n) is 13.7. The fraction of sp³-hybridized carbons (Fsp3) is 0.222. The smallest absolute Gasteiger partial charge is 0.272 e. The molecule has 1 N–H and O–H groups in total. The molecule has 1 amide bonds. The summed E-state index contributed by atoms with van der Waals surface area (Å²) in [5, 5.41) is 3.98. The molecule has 2 aromatic carbocycles. The number of nitrogens with zero attached hydrogens (tertiary/aromatic N) is 1. The number of benzene rings is 2. The number of ether oxygens (including phenoxy) is 2. The van der Waals surface area contributed by atoms with E-state index in [-0.39, 0.29) is 12.0 Å². The Morgan fingerprint density at radius 2 is 1.96 bits per heavy atom. The molecule has 0 unspecified atom stereocenters. The van der Waals surface area contributed by atoms with E-state index in [1.807, 2.05) is 32.0 Å². The van der Waals surface area contributed by atoms with Gasteiger partial charge in [-0.3, -0.25) is 4.79 Å². The molecule has 0 radical (unpaired) electrons. The Hall–Kier alpha value is -2.34. The molecule has 0 aliphatic rings. The lowest BCUT2D eigenvalue weighted by Gasteiger charge is -2.13. The number of amides is 1. The molecule has 0 fully saturated rings. The number of methoxy groups -OCH3 is 1. The molecule has 0 aliphatic carbocycles. The van der Waals surface area contributed by atoms with Crippen molar-refractivity contribution in [3.8, 4) is 11.5 Å². The highest BCUT2D eigenvalue weighted by Crippen LogP contribution is 2.28. The van der Waals surface area contributed by atoms with E-state index >= 15 is 0 Å². The van der Waals surface area contributed by atoms with Crippen LogP contribution in [-0.4, -0.2) is 25.3 Å². The van der Waals surface area contributed by atoms with Gasteiger partial charge in [0.1, 0.15) is 0 Å². The summed E-state index contributed by atoms with van der Waals surface area (Å²) in [5.74, 6) is 0.997. The molecule has 0 atom stereocenters. The van der Waals surface area contributed by atoms with Crippen molar-refractivity contribution in [1.82, 2.24) is 5.43 Å². The van der Waals surface area contributed by atoms with Gasteiger partial charge in [-0.15, -0.1) is 0 Å². The molecule has 126 valence electrons. The molecule has 2 rings (SSSR count). The maximum Gasteiger partial charge on any atom is 0.272 e. The number of halogens is 1. The predicted molar refractivity (Wildman–Crippen MR) is 98.0 cm³/mol. The van der Waals surface area contributed by atoms with Crippen LogP contribution in [0.3, 0.4) is 0 Å². The highest BCUT2D eigenvalue weighted by atomic mass is 79.9. The van der Waals surface area contributed by atoms with Crippen LogP contribution in [0.15, 0.2) is 52.0 Å². The van der Waals surface area contributed by atoms with Crippen molar-refractivity contribution in [2.45, 2.75) is 20.0 Å². The molecule has 5 nitrogen and oxygen atoms in total.